The van der Waals surface area contributed by atoms with Crippen molar-refractivity contribution in [3.05, 3.63) is 56.8 Å². The Hall–Kier alpha value is -0.800. The topological polar surface area (TPSA) is 12.0 Å². The summed E-state index contributed by atoms with van der Waals surface area (Å²) in [6.45, 7) is 0.507. The predicted octanol–water partition coefficient (Wildman–Crippen LogP) is 5.70. The summed E-state index contributed by atoms with van der Waals surface area (Å²) in [5, 5.41) is 4.70. The molecule has 1 aliphatic rings. The van der Waals surface area contributed by atoms with Crippen LogP contribution in [0.25, 0.3) is 11.1 Å². The van der Waals surface area contributed by atoms with Gasteiger partial charge in [-0.15, -0.1) is 0 Å². The molecule has 0 atom stereocenters. The van der Waals surface area contributed by atoms with Crippen molar-refractivity contribution in [2.75, 3.05) is 0 Å². The van der Waals surface area contributed by atoms with Gasteiger partial charge in [-0.05, 0) is 42.7 Å². The van der Waals surface area contributed by atoms with Crippen molar-refractivity contribution < 1.29 is 4.39 Å². The van der Waals surface area contributed by atoms with Gasteiger partial charge in [-0.1, -0.05) is 40.9 Å². The van der Waals surface area contributed by atoms with Crippen LogP contribution in [0.3, 0.4) is 0 Å². The summed E-state index contributed by atoms with van der Waals surface area (Å²) in [6.07, 6.45) is 2.33. The van der Waals surface area contributed by atoms with Gasteiger partial charge in [0.1, 0.15) is 5.82 Å². The van der Waals surface area contributed by atoms with Gasteiger partial charge >= 0.3 is 0 Å². The molecule has 0 saturated heterocycles. The van der Waals surface area contributed by atoms with E-state index in [-0.39, 0.29) is 5.82 Å². The summed E-state index contributed by atoms with van der Waals surface area (Å²) in [4.78, 5) is 0. The van der Waals surface area contributed by atoms with E-state index < -0.39 is 0 Å². The highest BCUT2D eigenvalue weighted by atomic mass is 35.5. The molecule has 0 aliphatic heterocycles. The Bertz CT molecular complexity index is 660. The molecule has 110 valence electrons. The van der Waals surface area contributed by atoms with Crippen LogP contribution in [0.4, 0.5) is 4.39 Å². The first-order chi connectivity index (χ1) is 10.0. The van der Waals surface area contributed by atoms with E-state index in [1.54, 1.807) is 24.3 Å². The summed E-state index contributed by atoms with van der Waals surface area (Å²) in [6, 6.07) is 8.70. The third-order valence-corrected chi connectivity index (χ3v) is 4.31. The zero-order valence-electron chi connectivity index (χ0n) is 11.1. The molecule has 0 unspecified atom stereocenters. The molecule has 1 saturated carbocycles. The van der Waals surface area contributed by atoms with Gasteiger partial charge in [0, 0.05) is 28.7 Å². The van der Waals surface area contributed by atoms with E-state index in [9.17, 15) is 4.39 Å². The van der Waals surface area contributed by atoms with E-state index in [2.05, 4.69) is 5.32 Å². The predicted molar refractivity (Wildman–Crippen MR) is 86.7 cm³/mol. The number of hydrogen-bond donors (Lipinski definition) is 1. The van der Waals surface area contributed by atoms with E-state index in [0.717, 1.165) is 18.4 Å². The Morgan fingerprint density at radius 2 is 1.71 bits per heavy atom. The Labute approximate surface area is 138 Å². The van der Waals surface area contributed by atoms with Crippen molar-refractivity contribution in [2.24, 2.45) is 0 Å². The normalized spacial score (nSPS) is 14.5. The minimum atomic E-state index is -0.229. The van der Waals surface area contributed by atoms with Gasteiger partial charge in [-0.2, -0.15) is 0 Å². The quantitative estimate of drug-likeness (QED) is 0.749. The fraction of sp³-hybridized carbons (Fsp3) is 0.250. The van der Waals surface area contributed by atoms with Crippen molar-refractivity contribution in [3.63, 3.8) is 0 Å². The largest absolute Gasteiger partial charge is 0.310 e. The van der Waals surface area contributed by atoms with Crippen LogP contribution in [-0.2, 0) is 6.54 Å². The Morgan fingerprint density at radius 1 is 1.05 bits per heavy atom. The summed E-state index contributed by atoms with van der Waals surface area (Å²) < 4.78 is 13.9. The Morgan fingerprint density at radius 3 is 2.33 bits per heavy atom. The van der Waals surface area contributed by atoms with Crippen molar-refractivity contribution in [2.45, 2.75) is 25.4 Å². The van der Waals surface area contributed by atoms with Crippen LogP contribution in [-0.4, -0.2) is 6.04 Å². The lowest BCUT2D eigenvalue weighted by molar-refractivity contribution is 0.587. The first kappa shape index (κ1) is 15.1. The SMILES string of the molecule is Fc1ccc(-c2c(Cl)cc(Cl)cc2Cl)cc1CNC1CC1. The van der Waals surface area contributed by atoms with Gasteiger partial charge < -0.3 is 5.32 Å². The molecule has 0 aromatic heterocycles. The third-order valence-electron chi connectivity index (χ3n) is 3.50. The van der Waals surface area contributed by atoms with Crippen LogP contribution in [0.15, 0.2) is 30.3 Å². The molecule has 1 nitrogen and oxygen atoms in total. The minimum Gasteiger partial charge on any atom is -0.310 e. The monoisotopic (exact) mass is 343 g/mol. The highest BCUT2D eigenvalue weighted by Crippen LogP contribution is 2.37. The maximum atomic E-state index is 13.9. The number of nitrogens with one attached hydrogen (secondary N) is 1. The lowest BCUT2D eigenvalue weighted by atomic mass is 10.0. The van der Waals surface area contributed by atoms with Crippen LogP contribution < -0.4 is 5.32 Å². The number of hydrogen-bond acceptors (Lipinski definition) is 1. The number of halogens is 4. The Kier molecular flexibility index (Phi) is 4.41. The van der Waals surface area contributed by atoms with Gasteiger partial charge in [0.15, 0.2) is 0 Å². The molecule has 0 radical (unpaired) electrons. The highest BCUT2D eigenvalue weighted by Gasteiger charge is 2.21. The third kappa shape index (κ3) is 3.51. The summed E-state index contributed by atoms with van der Waals surface area (Å²) in [5.74, 6) is -0.229. The molecule has 0 bridgehead atoms. The van der Waals surface area contributed by atoms with Crippen LogP contribution in [0.1, 0.15) is 18.4 Å². The van der Waals surface area contributed by atoms with Crippen LogP contribution in [0, 0.1) is 5.82 Å². The van der Waals surface area contributed by atoms with E-state index in [0.29, 0.717) is 38.8 Å². The number of rotatable bonds is 4. The second kappa shape index (κ2) is 6.13. The molecule has 1 aliphatic carbocycles. The first-order valence-corrected chi connectivity index (χ1v) is 7.84. The molecule has 2 aromatic carbocycles. The standard InChI is InChI=1S/C16H13Cl3FN/c17-11-6-13(18)16(14(19)7-11)9-1-4-15(20)10(5-9)8-21-12-2-3-12/h1,4-7,12,21H,2-3,8H2. The van der Waals surface area contributed by atoms with Crippen LogP contribution in [0.2, 0.25) is 15.1 Å². The maximum absolute atomic E-state index is 13.9. The fourth-order valence-electron chi connectivity index (χ4n) is 2.23. The van der Waals surface area contributed by atoms with Gasteiger partial charge in [0.05, 0.1) is 10.0 Å². The molecular formula is C16H13Cl3FN. The average molecular weight is 345 g/mol. The zero-order valence-corrected chi connectivity index (χ0v) is 13.4. The van der Waals surface area contributed by atoms with E-state index in [1.165, 1.54) is 6.07 Å². The summed E-state index contributed by atoms with van der Waals surface area (Å²) in [5.41, 5.74) is 2.08. The highest BCUT2D eigenvalue weighted by molar-refractivity contribution is 6.41. The van der Waals surface area contributed by atoms with Gasteiger partial charge in [-0.25, -0.2) is 4.39 Å². The molecular weight excluding hydrogens is 332 g/mol. The van der Waals surface area contributed by atoms with Crippen molar-refractivity contribution in [3.8, 4) is 11.1 Å². The molecule has 0 heterocycles. The van der Waals surface area contributed by atoms with Crippen molar-refractivity contribution >= 4 is 34.8 Å². The number of benzene rings is 2. The summed E-state index contributed by atoms with van der Waals surface area (Å²) in [7, 11) is 0. The molecule has 1 N–H and O–H groups in total. The van der Waals surface area contributed by atoms with E-state index in [1.807, 2.05) is 0 Å². The van der Waals surface area contributed by atoms with Crippen LogP contribution in [0.5, 0.6) is 0 Å². The average Bonchev–Trinajstić information content (AvgIpc) is 3.22. The fourth-order valence-corrected chi connectivity index (χ4v) is 3.26. The van der Waals surface area contributed by atoms with Crippen molar-refractivity contribution in [1.29, 1.82) is 0 Å². The van der Waals surface area contributed by atoms with Gasteiger partial charge in [-0.3, -0.25) is 0 Å². The Balaban J connectivity index is 1.96. The lowest BCUT2D eigenvalue weighted by Crippen LogP contribution is -2.16. The molecule has 21 heavy (non-hydrogen) atoms. The molecule has 3 rings (SSSR count). The second-order valence-electron chi connectivity index (χ2n) is 5.21. The lowest BCUT2D eigenvalue weighted by Gasteiger charge is -2.11. The smallest absolute Gasteiger partial charge is 0.127 e. The van der Waals surface area contributed by atoms with E-state index >= 15 is 0 Å². The molecule has 1 fully saturated rings. The van der Waals surface area contributed by atoms with Crippen molar-refractivity contribution in [1.82, 2.24) is 5.32 Å². The van der Waals surface area contributed by atoms with E-state index in [4.69, 9.17) is 34.8 Å². The van der Waals surface area contributed by atoms with Gasteiger partial charge in [0.2, 0.25) is 0 Å². The second-order valence-corrected chi connectivity index (χ2v) is 6.46. The molecule has 5 heteroatoms. The summed E-state index contributed by atoms with van der Waals surface area (Å²) >= 11 is 18.4. The minimum absolute atomic E-state index is 0.229. The zero-order chi connectivity index (χ0) is 15.0. The first-order valence-electron chi connectivity index (χ1n) is 6.71. The van der Waals surface area contributed by atoms with Crippen LogP contribution >= 0.6 is 34.8 Å². The molecule has 0 amide bonds. The molecule has 0 spiro atoms. The molecule has 2 aromatic rings. The maximum Gasteiger partial charge on any atom is 0.127 e. The van der Waals surface area contributed by atoms with Gasteiger partial charge in [0.25, 0.3) is 0 Å².